The molecule has 2 amide bonds. The molecule has 0 aliphatic carbocycles. The maximum atomic E-state index is 13.7. The lowest BCUT2D eigenvalue weighted by Gasteiger charge is -2.34. The van der Waals surface area contributed by atoms with Crippen molar-refractivity contribution in [2.45, 2.75) is 78.2 Å². The normalized spacial score (nSPS) is 20.2. The predicted octanol–water partition coefficient (Wildman–Crippen LogP) is 4.95. The lowest BCUT2D eigenvalue weighted by atomic mass is 9.85. The van der Waals surface area contributed by atoms with Crippen molar-refractivity contribution < 1.29 is 24.2 Å². The molecule has 37 heavy (non-hydrogen) atoms. The predicted molar refractivity (Wildman–Crippen MR) is 142 cm³/mol. The van der Waals surface area contributed by atoms with Crippen molar-refractivity contribution in [1.82, 2.24) is 14.8 Å². The molecule has 2 aliphatic rings. The molecule has 0 spiro atoms. The van der Waals surface area contributed by atoms with E-state index in [4.69, 9.17) is 16.3 Å². The summed E-state index contributed by atoms with van der Waals surface area (Å²) in [6.07, 6.45) is 0.534. The van der Waals surface area contributed by atoms with Crippen LogP contribution in [0.1, 0.15) is 63.0 Å². The largest absolute Gasteiger partial charge is 0.480 e. The fourth-order valence-corrected chi connectivity index (χ4v) is 5.75. The number of aromatic nitrogens is 1. The highest BCUT2D eigenvalue weighted by atomic mass is 35.5. The smallest absolute Gasteiger partial charge is 0.410 e. The van der Waals surface area contributed by atoms with E-state index < -0.39 is 35.7 Å². The monoisotopic (exact) mass is 548 g/mol. The SMILES string of the molecule is CC(C)c1cnc(N[C@H](C(=O)N2C[C@H](OC(=O)N3Cc4cccc(Cl)c4C3)CC2C(=O)O)C(C)(C)C)s1. The highest BCUT2D eigenvalue weighted by Crippen LogP contribution is 2.33. The van der Waals surface area contributed by atoms with E-state index in [0.717, 1.165) is 16.0 Å². The number of amides is 2. The summed E-state index contributed by atoms with van der Waals surface area (Å²) in [4.78, 5) is 47.1. The van der Waals surface area contributed by atoms with Crippen LogP contribution in [0.4, 0.5) is 9.93 Å². The zero-order chi connectivity index (χ0) is 27.1. The zero-order valence-corrected chi connectivity index (χ0v) is 23.2. The molecule has 3 atom stereocenters. The lowest BCUT2D eigenvalue weighted by molar-refractivity contribution is -0.149. The number of thiazole rings is 1. The third-order valence-electron chi connectivity index (χ3n) is 6.76. The standard InChI is InChI=1S/C26H33ClN4O5S/c1-14(2)20-10-28-24(37-20)29-21(26(3,4)5)22(32)31-12-16(9-19(31)23(33)34)36-25(35)30-11-15-7-6-8-18(27)17(15)13-30/h6-8,10,14,16,19,21H,9,11-13H2,1-5H3,(H,28,29)(H,33,34)/t16-,19?,21-/m1/s1. The van der Waals surface area contributed by atoms with Gasteiger partial charge in [0, 0.05) is 29.1 Å². The van der Waals surface area contributed by atoms with Gasteiger partial charge in [-0.2, -0.15) is 0 Å². The maximum absolute atomic E-state index is 13.7. The van der Waals surface area contributed by atoms with Crippen LogP contribution in [0, 0.1) is 5.41 Å². The number of carboxylic acids is 1. The first-order valence-corrected chi connectivity index (χ1v) is 13.5. The number of hydrogen-bond acceptors (Lipinski definition) is 7. The Hall–Kier alpha value is -2.85. The van der Waals surface area contributed by atoms with Gasteiger partial charge in [0.15, 0.2) is 5.13 Å². The molecule has 0 bridgehead atoms. The van der Waals surface area contributed by atoms with Gasteiger partial charge in [-0.1, -0.05) is 58.4 Å². The number of likely N-dealkylation sites (tertiary alicyclic amines) is 1. The van der Waals surface area contributed by atoms with E-state index in [2.05, 4.69) is 24.1 Å². The van der Waals surface area contributed by atoms with Gasteiger partial charge in [-0.25, -0.2) is 14.6 Å². The molecule has 1 aromatic heterocycles. The Morgan fingerprint density at radius 3 is 2.57 bits per heavy atom. The Balaban J connectivity index is 1.46. The van der Waals surface area contributed by atoms with Gasteiger partial charge >= 0.3 is 12.1 Å². The van der Waals surface area contributed by atoms with Gasteiger partial charge < -0.3 is 20.1 Å². The van der Waals surface area contributed by atoms with Crippen LogP contribution in [0.2, 0.25) is 5.02 Å². The summed E-state index contributed by atoms with van der Waals surface area (Å²) in [5.41, 5.74) is 1.31. The van der Waals surface area contributed by atoms with Crippen LogP contribution in [-0.4, -0.2) is 62.6 Å². The highest BCUT2D eigenvalue weighted by Gasteiger charge is 2.46. The first kappa shape index (κ1) is 27.2. The van der Waals surface area contributed by atoms with Gasteiger partial charge in [0.1, 0.15) is 18.2 Å². The number of carbonyl (C=O) groups excluding carboxylic acids is 2. The Morgan fingerprint density at radius 1 is 1.24 bits per heavy atom. The van der Waals surface area contributed by atoms with Crippen molar-refractivity contribution in [2.24, 2.45) is 5.41 Å². The van der Waals surface area contributed by atoms with Gasteiger partial charge in [-0.15, -0.1) is 11.3 Å². The van der Waals surface area contributed by atoms with Crippen molar-refractivity contribution in [3.63, 3.8) is 0 Å². The maximum Gasteiger partial charge on any atom is 0.410 e. The minimum Gasteiger partial charge on any atom is -0.480 e. The van der Waals surface area contributed by atoms with E-state index in [-0.39, 0.29) is 18.9 Å². The van der Waals surface area contributed by atoms with E-state index in [0.29, 0.717) is 29.2 Å². The van der Waals surface area contributed by atoms with E-state index >= 15 is 0 Å². The number of rotatable bonds is 6. The molecule has 3 heterocycles. The molecule has 1 unspecified atom stereocenters. The summed E-state index contributed by atoms with van der Waals surface area (Å²) in [5, 5.41) is 14.3. The van der Waals surface area contributed by atoms with E-state index in [9.17, 15) is 19.5 Å². The van der Waals surface area contributed by atoms with E-state index in [1.807, 2.05) is 32.9 Å². The molecule has 200 valence electrons. The van der Waals surface area contributed by atoms with Crippen LogP contribution in [0.15, 0.2) is 24.4 Å². The first-order valence-electron chi connectivity index (χ1n) is 12.3. The molecule has 1 aromatic carbocycles. The van der Waals surface area contributed by atoms with E-state index in [1.165, 1.54) is 21.1 Å². The Morgan fingerprint density at radius 2 is 1.97 bits per heavy atom. The van der Waals surface area contributed by atoms with Gasteiger partial charge in [0.05, 0.1) is 13.1 Å². The number of hydrogen-bond donors (Lipinski definition) is 2. The van der Waals surface area contributed by atoms with Gasteiger partial charge in [0.25, 0.3) is 0 Å². The van der Waals surface area contributed by atoms with Crippen molar-refractivity contribution >= 4 is 46.0 Å². The summed E-state index contributed by atoms with van der Waals surface area (Å²) in [7, 11) is 0. The fraction of sp³-hybridized carbons (Fsp3) is 0.538. The van der Waals surface area contributed by atoms with Gasteiger partial charge in [0.2, 0.25) is 5.91 Å². The molecular formula is C26H33ClN4O5S. The minimum atomic E-state index is -1.13. The second kappa shape index (κ2) is 10.5. The fourth-order valence-electron chi connectivity index (χ4n) is 4.65. The number of anilines is 1. The van der Waals surface area contributed by atoms with Crippen molar-refractivity contribution in [3.05, 3.63) is 45.4 Å². The lowest BCUT2D eigenvalue weighted by Crippen LogP contribution is -2.52. The van der Waals surface area contributed by atoms with E-state index in [1.54, 1.807) is 12.3 Å². The second-order valence-electron chi connectivity index (χ2n) is 11.0. The molecule has 1 saturated heterocycles. The molecule has 2 N–H and O–H groups in total. The summed E-state index contributed by atoms with van der Waals surface area (Å²) >= 11 is 7.74. The molecule has 2 aromatic rings. The van der Waals surface area contributed by atoms with Gasteiger partial charge in [-0.3, -0.25) is 9.69 Å². The molecular weight excluding hydrogens is 516 g/mol. The molecule has 0 radical (unpaired) electrons. The van der Waals surface area contributed by atoms with Crippen LogP contribution < -0.4 is 5.32 Å². The number of halogens is 1. The van der Waals surface area contributed by atoms with Crippen molar-refractivity contribution in [3.8, 4) is 0 Å². The Kier molecular flexibility index (Phi) is 7.71. The zero-order valence-electron chi connectivity index (χ0n) is 21.7. The summed E-state index contributed by atoms with van der Waals surface area (Å²) < 4.78 is 5.70. The Labute approximate surface area is 225 Å². The number of nitrogens with one attached hydrogen (secondary N) is 1. The van der Waals surface area contributed by atoms with Crippen molar-refractivity contribution in [2.75, 3.05) is 11.9 Å². The summed E-state index contributed by atoms with van der Waals surface area (Å²) in [6, 6.07) is 3.72. The topological polar surface area (TPSA) is 112 Å². The number of benzene rings is 1. The number of aliphatic carboxylic acids is 1. The third-order valence-corrected chi connectivity index (χ3v) is 8.34. The first-order chi connectivity index (χ1) is 17.3. The molecule has 9 nitrogen and oxygen atoms in total. The van der Waals surface area contributed by atoms with Crippen LogP contribution in [0.25, 0.3) is 0 Å². The number of fused-ring (bicyclic) bond motifs is 1. The van der Waals surface area contributed by atoms with Crippen LogP contribution >= 0.6 is 22.9 Å². The van der Waals surface area contributed by atoms with Crippen LogP contribution in [0.5, 0.6) is 0 Å². The number of carboxylic acid groups (broad SMARTS) is 1. The molecule has 1 fully saturated rings. The average molecular weight is 549 g/mol. The number of nitrogens with zero attached hydrogens (tertiary/aromatic N) is 3. The Bertz CT molecular complexity index is 1190. The molecule has 11 heteroatoms. The minimum absolute atomic E-state index is 0.00641. The summed E-state index contributed by atoms with van der Waals surface area (Å²) in [5.74, 6) is -1.18. The second-order valence-corrected chi connectivity index (χ2v) is 12.5. The highest BCUT2D eigenvalue weighted by molar-refractivity contribution is 7.15. The third kappa shape index (κ3) is 5.85. The van der Waals surface area contributed by atoms with Crippen LogP contribution in [-0.2, 0) is 27.4 Å². The molecule has 4 rings (SSSR count). The number of carbonyl (C=O) groups is 3. The quantitative estimate of drug-likeness (QED) is 0.525. The summed E-state index contributed by atoms with van der Waals surface area (Å²) in [6.45, 7) is 10.6. The average Bonchev–Trinajstić information content (AvgIpc) is 3.54. The van der Waals surface area contributed by atoms with Gasteiger partial charge in [-0.05, 0) is 28.5 Å². The molecule has 0 saturated carbocycles. The number of ether oxygens (including phenoxy) is 1. The van der Waals surface area contributed by atoms with Crippen LogP contribution in [0.3, 0.4) is 0 Å². The molecule has 2 aliphatic heterocycles. The van der Waals surface area contributed by atoms with Crippen molar-refractivity contribution in [1.29, 1.82) is 0 Å².